The minimum Gasteiger partial charge on any atom is -0.497 e. The number of rotatable bonds is 8. The van der Waals surface area contributed by atoms with E-state index < -0.39 is 11.8 Å². The van der Waals surface area contributed by atoms with E-state index in [9.17, 15) is 14.4 Å². The highest BCUT2D eigenvalue weighted by molar-refractivity contribution is 8.03. The lowest BCUT2D eigenvalue weighted by Gasteiger charge is -2.05. The maximum absolute atomic E-state index is 12.3. The third kappa shape index (κ3) is 5.04. The Morgan fingerprint density at radius 2 is 1.82 bits per heavy atom. The molecule has 0 radical (unpaired) electrons. The monoisotopic (exact) mass is 322 g/mol. The summed E-state index contributed by atoms with van der Waals surface area (Å²) in [5.41, 5.74) is 0.491. The summed E-state index contributed by atoms with van der Waals surface area (Å²) in [6, 6.07) is 6.68. The molecule has 0 heterocycles. The van der Waals surface area contributed by atoms with Gasteiger partial charge in [0, 0.05) is 12.0 Å². The number of ketones is 2. The van der Waals surface area contributed by atoms with Gasteiger partial charge in [-0.3, -0.25) is 9.59 Å². The molecule has 0 spiro atoms. The second-order valence-corrected chi connectivity index (χ2v) is 5.03. The van der Waals surface area contributed by atoms with Crippen LogP contribution in [-0.4, -0.2) is 37.5 Å². The molecule has 0 N–H and O–H groups in total. The highest BCUT2D eigenvalue weighted by Gasteiger charge is 2.16. The van der Waals surface area contributed by atoms with Crippen molar-refractivity contribution in [3.05, 3.63) is 40.8 Å². The zero-order valence-electron chi connectivity index (χ0n) is 12.8. The zero-order valence-corrected chi connectivity index (χ0v) is 13.6. The summed E-state index contributed by atoms with van der Waals surface area (Å²) in [7, 11) is 1.55. The van der Waals surface area contributed by atoms with E-state index in [0.717, 1.165) is 0 Å². The van der Waals surface area contributed by atoms with Crippen molar-refractivity contribution in [2.75, 3.05) is 20.0 Å². The number of benzene rings is 1. The number of carbonyl (C=O) groups is 3. The van der Waals surface area contributed by atoms with Crippen molar-refractivity contribution in [3.8, 4) is 5.75 Å². The Bertz CT molecular complexity index is 575. The van der Waals surface area contributed by atoms with Gasteiger partial charge in [-0.15, -0.1) is 11.8 Å². The lowest BCUT2D eigenvalue weighted by molar-refractivity contribution is -0.153. The van der Waals surface area contributed by atoms with Gasteiger partial charge in [0.25, 0.3) is 0 Å². The van der Waals surface area contributed by atoms with E-state index in [4.69, 9.17) is 4.74 Å². The Hall–Kier alpha value is -2.08. The van der Waals surface area contributed by atoms with Crippen LogP contribution in [0.2, 0.25) is 0 Å². The highest BCUT2D eigenvalue weighted by atomic mass is 32.2. The summed E-state index contributed by atoms with van der Waals surface area (Å²) in [5.74, 6) is -1.09. The first-order chi connectivity index (χ1) is 10.5. The molecular formula is C16H18O5S. The van der Waals surface area contributed by atoms with Crippen LogP contribution in [0.4, 0.5) is 0 Å². The lowest BCUT2D eigenvalue weighted by Crippen LogP contribution is -2.16. The predicted molar refractivity (Wildman–Crippen MR) is 85.2 cm³/mol. The molecule has 22 heavy (non-hydrogen) atoms. The quantitative estimate of drug-likeness (QED) is 0.317. The number of allylic oxidation sites excluding steroid dienone is 2. The van der Waals surface area contributed by atoms with Crippen LogP contribution >= 0.6 is 11.8 Å². The Kier molecular flexibility index (Phi) is 7.39. The second kappa shape index (κ2) is 9.04. The van der Waals surface area contributed by atoms with Crippen LogP contribution in [0.15, 0.2) is 35.2 Å². The van der Waals surface area contributed by atoms with E-state index in [1.807, 2.05) is 0 Å². The van der Waals surface area contributed by atoms with Gasteiger partial charge in [-0.05, 0) is 37.4 Å². The second-order valence-electron chi connectivity index (χ2n) is 4.18. The molecule has 0 bridgehead atoms. The van der Waals surface area contributed by atoms with Crippen LogP contribution < -0.4 is 4.74 Å². The number of Topliss-reactive ketones (excluding diaryl/α,β-unsaturated/α-hetero) is 2. The molecule has 6 heteroatoms. The minimum absolute atomic E-state index is 0.147. The molecule has 0 aliphatic heterocycles. The van der Waals surface area contributed by atoms with Gasteiger partial charge in [0.2, 0.25) is 5.78 Å². The average molecular weight is 322 g/mol. The van der Waals surface area contributed by atoms with E-state index in [0.29, 0.717) is 16.2 Å². The summed E-state index contributed by atoms with van der Waals surface area (Å²) < 4.78 is 9.65. The predicted octanol–water partition coefficient (Wildman–Crippen LogP) is 2.65. The van der Waals surface area contributed by atoms with Gasteiger partial charge in [0.15, 0.2) is 5.78 Å². The van der Waals surface area contributed by atoms with Gasteiger partial charge in [-0.1, -0.05) is 6.08 Å². The molecule has 1 aromatic rings. The van der Waals surface area contributed by atoms with Gasteiger partial charge in [0.1, 0.15) is 5.75 Å². The molecule has 0 amide bonds. The van der Waals surface area contributed by atoms with Crippen LogP contribution in [0.1, 0.15) is 23.7 Å². The molecule has 118 valence electrons. The standard InChI is InChI=1S/C16H18O5S/c1-4-21-16(19)13(17)9-10-14(22-3)15(18)11-5-7-12(20-2)8-6-11/h5-8,10H,4,9H2,1-3H3. The highest BCUT2D eigenvalue weighted by Crippen LogP contribution is 2.21. The van der Waals surface area contributed by atoms with Crippen LogP contribution in [0.5, 0.6) is 5.75 Å². The first-order valence-electron chi connectivity index (χ1n) is 6.66. The number of carbonyl (C=O) groups excluding carboxylic acids is 3. The zero-order chi connectivity index (χ0) is 16.5. The fourth-order valence-corrected chi connectivity index (χ4v) is 2.19. The number of hydrogen-bond donors (Lipinski definition) is 0. The molecule has 0 unspecified atom stereocenters. The first-order valence-corrected chi connectivity index (χ1v) is 7.88. The number of thioether (sulfide) groups is 1. The van der Waals surface area contributed by atoms with E-state index >= 15 is 0 Å². The average Bonchev–Trinajstić information content (AvgIpc) is 2.55. The molecule has 0 fully saturated rings. The third-order valence-electron chi connectivity index (χ3n) is 2.77. The summed E-state index contributed by atoms with van der Waals surface area (Å²) in [4.78, 5) is 35.5. The molecule has 5 nitrogen and oxygen atoms in total. The van der Waals surface area contributed by atoms with Crippen molar-refractivity contribution in [1.29, 1.82) is 0 Å². The lowest BCUT2D eigenvalue weighted by atomic mass is 10.1. The number of ether oxygens (including phenoxy) is 2. The number of esters is 1. The minimum atomic E-state index is -0.879. The first kappa shape index (κ1) is 18.0. The van der Waals surface area contributed by atoms with Gasteiger partial charge in [0.05, 0.1) is 18.6 Å². The SMILES string of the molecule is CCOC(=O)C(=O)CC=C(SC)C(=O)c1ccc(OC)cc1. The molecule has 1 rings (SSSR count). The molecule has 0 saturated heterocycles. The van der Waals surface area contributed by atoms with Crippen molar-refractivity contribution < 1.29 is 23.9 Å². The van der Waals surface area contributed by atoms with Gasteiger partial charge >= 0.3 is 5.97 Å². The van der Waals surface area contributed by atoms with Gasteiger partial charge in [-0.2, -0.15) is 0 Å². The summed E-state index contributed by atoms with van der Waals surface area (Å²) in [5, 5.41) is 0. The number of methoxy groups -OCH3 is 1. The topological polar surface area (TPSA) is 69.7 Å². The Morgan fingerprint density at radius 3 is 2.32 bits per heavy atom. The van der Waals surface area contributed by atoms with Crippen molar-refractivity contribution >= 4 is 29.3 Å². The largest absolute Gasteiger partial charge is 0.497 e. The molecule has 0 aromatic heterocycles. The smallest absolute Gasteiger partial charge is 0.374 e. The maximum atomic E-state index is 12.3. The van der Waals surface area contributed by atoms with Crippen LogP contribution in [0.3, 0.4) is 0 Å². The summed E-state index contributed by atoms with van der Waals surface area (Å²) >= 11 is 1.23. The Morgan fingerprint density at radius 1 is 1.18 bits per heavy atom. The molecule has 0 saturated carbocycles. The van der Waals surface area contributed by atoms with E-state index in [1.54, 1.807) is 44.6 Å². The fourth-order valence-electron chi connectivity index (χ4n) is 1.63. The van der Waals surface area contributed by atoms with Crippen LogP contribution in [-0.2, 0) is 14.3 Å². The van der Waals surface area contributed by atoms with Gasteiger partial charge in [-0.25, -0.2) is 4.79 Å². The number of hydrogen-bond acceptors (Lipinski definition) is 6. The van der Waals surface area contributed by atoms with E-state index in [-0.39, 0.29) is 18.8 Å². The normalized spacial score (nSPS) is 11.0. The van der Waals surface area contributed by atoms with Crippen LogP contribution in [0, 0.1) is 0 Å². The van der Waals surface area contributed by atoms with Crippen molar-refractivity contribution in [1.82, 2.24) is 0 Å². The third-order valence-corrected chi connectivity index (χ3v) is 3.56. The van der Waals surface area contributed by atoms with Crippen molar-refractivity contribution in [2.45, 2.75) is 13.3 Å². The van der Waals surface area contributed by atoms with E-state index in [1.165, 1.54) is 17.8 Å². The Labute approximate surface area is 133 Å². The molecular weight excluding hydrogens is 304 g/mol. The summed E-state index contributed by atoms with van der Waals surface area (Å²) in [6.07, 6.45) is 3.04. The fraction of sp³-hybridized carbons (Fsp3) is 0.312. The van der Waals surface area contributed by atoms with Crippen LogP contribution in [0.25, 0.3) is 0 Å². The molecule has 0 atom stereocenters. The van der Waals surface area contributed by atoms with Crippen molar-refractivity contribution in [3.63, 3.8) is 0 Å². The summed E-state index contributed by atoms with van der Waals surface area (Å²) in [6.45, 7) is 1.77. The molecule has 0 aliphatic carbocycles. The molecule has 1 aromatic carbocycles. The van der Waals surface area contributed by atoms with Gasteiger partial charge < -0.3 is 9.47 Å². The molecule has 0 aliphatic rings. The van der Waals surface area contributed by atoms with E-state index in [2.05, 4.69) is 4.74 Å². The Balaban J connectivity index is 2.80. The maximum Gasteiger partial charge on any atom is 0.374 e. The van der Waals surface area contributed by atoms with Crippen molar-refractivity contribution in [2.24, 2.45) is 0 Å².